The van der Waals surface area contributed by atoms with Crippen molar-refractivity contribution < 1.29 is 0 Å². The van der Waals surface area contributed by atoms with E-state index in [4.69, 9.17) is 4.99 Å². The van der Waals surface area contributed by atoms with E-state index in [1.165, 1.54) is 12.8 Å². The Labute approximate surface area is 142 Å². The van der Waals surface area contributed by atoms with Crippen LogP contribution in [0.1, 0.15) is 25.5 Å². The summed E-state index contributed by atoms with van der Waals surface area (Å²) in [6, 6.07) is 0. The molecule has 7 heteroatoms. The third-order valence-electron chi connectivity index (χ3n) is 3.05. The van der Waals surface area contributed by atoms with Gasteiger partial charge in [0.2, 0.25) is 0 Å². The summed E-state index contributed by atoms with van der Waals surface area (Å²) < 4.78 is 0. The predicted octanol–water partition coefficient (Wildman–Crippen LogP) is 2.39. The number of halogens is 1. The van der Waals surface area contributed by atoms with Gasteiger partial charge in [-0.05, 0) is 19.8 Å². The molecule has 0 aliphatic carbocycles. The molecule has 20 heavy (non-hydrogen) atoms. The average molecular weight is 409 g/mol. The SMILES string of the molecule is CCNC(=NCc1csc(N(C)C)n1)N1CCCC1.I. The van der Waals surface area contributed by atoms with Crippen molar-refractivity contribution in [3.63, 3.8) is 0 Å². The highest BCUT2D eigenvalue weighted by Gasteiger charge is 2.15. The molecule has 1 aromatic rings. The Morgan fingerprint density at radius 2 is 2.15 bits per heavy atom. The van der Waals surface area contributed by atoms with E-state index < -0.39 is 0 Å². The predicted molar refractivity (Wildman–Crippen MR) is 97.5 cm³/mol. The Hall–Kier alpha value is -0.570. The summed E-state index contributed by atoms with van der Waals surface area (Å²) >= 11 is 1.67. The number of likely N-dealkylation sites (tertiary alicyclic amines) is 1. The number of thiazole rings is 1. The van der Waals surface area contributed by atoms with Crippen LogP contribution in [0.3, 0.4) is 0 Å². The largest absolute Gasteiger partial charge is 0.357 e. The average Bonchev–Trinajstić information content (AvgIpc) is 3.05. The fourth-order valence-electron chi connectivity index (χ4n) is 2.08. The lowest BCUT2D eigenvalue weighted by Gasteiger charge is -2.20. The number of anilines is 1. The third-order valence-corrected chi connectivity index (χ3v) is 4.11. The van der Waals surface area contributed by atoms with Crippen LogP contribution in [0.15, 0.2) is 10.4 Å². The Kier molecular flexibility index (Phi) is 7.57. The van der Waals surface area contributed by atoms with E-state index in [0.29, 0.717) is 6.54 Å². The summed E-state index contributed by atoms with van der Waals surface area (Å²) in [5, 5.41) is 6.49. The number of aromatic nitrogens is 1. The molecule has 2 heterocycles. The summed E-state index contributed by atoms with van der Waals surface area (Å²) in [5.41, 5.74) is 1.04. The molecule has 0 spiro atoms. The van der Waals surface area contributed by atoms with Crippen LogP contribution in [0, 0.1) is 0 Å². The van der Waals surface area contributed by atoms with E-state index in [-0.39, 0.29) is 24.0 Å². The Morgan fingerprint density at radius 3 is 2.70 bits per heavy atom. The summed E-state index contributed by atoms with van der Waals surface area (Å²) in [4.78, 5) is 13.6. The van der Waals surface area contributed by atoms with Crippen LogP contribution < -0.4 is 10.2 Å². The highest BCUT2D eigenvalue weighted by atomic mass is 127. The Bertz CT molecular complexity index is 426. The zero-order valence-corrected chi connectivity index (χ0v) is 15.6. The number of hydrogen-bond acceptors (Lipinski definition) is 4. The van der Waals surface area contributed by atoms with Gasteiger partial charge >= 0.3 is 0 Å². The van der Waals surface area contributed by atoms with Gasteiger partial charge in [-0.3, -0.25) is 0 Å². The van der Waals surface area contributed by atoms with Gasteiger partial charge in [0, 0.05) is 39.1 Å². The normalized spacial score (nSPS) is 15.2. The molecule has 0 atom stereocenters. The molecule has 0 radical (unpaired) electrons. The molecule has 0 saturated carbocycles. The van der Waals surface area contributed by atoms with Gasteiger partial charge in [0.05, 0.1) is 12.2 Å². The molecule has 0 amide bonds. The first-order valence-corrected chi connectivity index (χ1v) is 7.73. The van der Waals surface area contributed by atoms with Gasteiger partial charge in [0.15, 0.2) is 11.1 Å². The molecular formula is C13H24IN5S. The molecular weight excluding hydrogens is 385 g/mol. The molecule has 0 bridgehead atoms. The lowest BCUT2D eigenvalue weighted by molar-refractivity contribution is 0.493. The number of guanidine groups is 1. The Balaban J connectivity index is 0.00000200. The van der Waals surface area contributed by atoms with E-state index in [1.807, 2.05) is 19.0 Å². The highest BCUT2D eigenvalue weighted by Crippen LogP contribution is 2.18. The summed E-state index contributed by atoms with van der Waals surface area (Å²) in [6.07, 6.45) is 2.54. The first-order chi connectivity index (χ1) is 9.20. The van der Waals surface area contributed by atoms with Gasteiger partial charge in [-0.1, -0.05) is 0 Å². The van der Waals surface area contributed by atoms with E-state index >= 15 is 0 Å². The quantitative estimate of drug-likeness (QED) is 0.471. The lowest BCUT2D eigenvalue weighted by Crippen LogP contribution is -2.39. The molecule has 2 rings (SSSR count). The van der Waals surface area contributed by atoms with Crippen molar-refractivity contribution in [2.24, 2.45) is 4.99 Å². The monoisotopic (exact) mass is 409 g/mol. The minimum Gasteiger partial charge on any atom is -0.357 e. The molecule has 1 aliphatic heterocycles. The number of aliphatic imine (C=N–C) groups is 1. The second-order valence-electron chi connectivity index (χ2n) is 4.88. The molecule has 1 aliphatic rings. The number of rotatable bonds is 4. The molecule has 1 aromatic heterocycles. The Morgan fingerprint density at radius 1 is 1.45 bits per heavy atom. The summed E-state index contributed by atoms with van der Waals surface area (Å²) in [6.45, 7) is 5.91. The van der Waals surface area contributed by atoms with Crippen LogP contribution in [0.4, 0.5) is 5.13 Å². The van der Waals surface area contributed by atoms with Crippen LogP contribution in [0.5, 0.6) is 0 Å². The van der Waals surface area contributed by atoms with Crippen molar-refractivity contribution in [1.29, 1.82) is 0 Å². The second-order valence-corrected chi connectivity index (χ2v) is 5.72. The van der Waals surface area contributed by atoms with Crippen molar-refractivity contribution in [3.8, 4) is 0 Å². The fourth-order valence-corrected chi connectivity index (χ4v) is 2.83. The maximum absolute atomic E-state index is 4.70. The zero-order chi connectivity index (χ0) is 13.7. The minimum atomic E-state index is 0. The van der Waals surface area contributed by atoms with Crippen molar-refractivity contribution in [3.05, 3.63) is 11.1 Å². The maximum Gasteiger partial charge on any atom is 0.194 e. The van der Waals surface area contributed by atoms with Gasteiger partial charge in [-0.15, -0.1) is 35.3 Å². The van der Waals surface area contributed by atoms with Crippen LogP contribution in [-0.4, -0.2) is 49.6 Å². The summed E-state index contributed by atoms with van der Waals surface area (Å²) in [5.74, 6) is 1.03. The molecule has 1 fully saturated rings. The molecule has 1 saturated heterocycles. The first-order valence-electron chi connectivity index (χ1n) is 6.85. The second kappa shape index (κ2) is 8.66. The van der Waals surface area contributed by atoms with E-state index in [1.54, 1.807) is 11.3 Å². The van der Waals surface area contributed by atoms with Crippen molar-refractivity contribution in [2.45, 2.75) is 26.3 Å². The van der Waals surface area contributed by atoms with Crippen LogP contribution >= 0.6 is 35.3 Å². The van der Waals surface area contributed by atoms with Gasteiger partial charge in [0.25, 0.3) is 0 Å². The van der Waals surface area contributed by atoms with Crippen molar-refractivity contribution >= 4 is 46.4 Å². The van der Waals surface area contributed by atoms with E-state index in [0.717, 1.165) is 36.4 Å². The number of nitrogens with one attached hydrogen (secondary N) is 1. The first kappa shape index (κ1) is 17.5. The molecule has 0 aromatic carbocycles. The minimum absolute atomic E-state index is 0. The van der Waals surface area contributed by atoms with Crippen LogP contribution in [0.25, 0.3) is 0 Å². The summed E-state index contributed by atoms with van der Waals surface area (Å²) in [7, 11) is 4.03. The van der Waals surface area contributed by atoms with Gasteiger partial charge in [0.1, 0.15) is 0 Å². The van der Waals surface area contributed by atoms with E-state index in [9.17, 15) is 0 Å². The third kappa shape index (κ3) is 4.76. The molecule has 5 nitrogen and oxygen atoms in total. The molecule has 1 N–H and O–H groups in total. The molecule has 114 valence electrons. The maximum atomic E-state index is 4.70. The topological polar surface area (TPSA) is 43.8 Å². The lowest BCUT2D eigenvalue weighted by atomic mass is 10.4. The zero-order valence-electron chi connectivity index (χ0n) is 12.4. The van der Waals surface area contributed by atoms with Crippen LogP contribution in [-0.2, 0) is 6.54 Å². The number of hydrogen-bond donors (Lipinski definition) is 1. The van der Waals surface area contributed by atoms with Crippen molar-refractivity contribution in [1.82, 2.24) is 15.2 Å². The van der Waals surface area contributed by atoms with Gasteiger partial charge < -0.3 is 15.1 Å². The van der Waals surface area contributed by atoms with E-state index in [2.05, 4.69) is 27.5 Å². The highest BCUT2D eigenvalue weighted by molar-refractivity contribution is 14.0. The standard InChI is InChI=1S/C13H23N5S.HI/c1-4-14-12(18-7-5-6-8-18)15-9-11-10-19-13(16-11)17(2)3;/h10H,4-9H2,1-3H3,(H,14,15);1H. The fraction of sp³-hybridized carbons (Fsp3) is 0.692. The number of nitrogens with zero attached hydrogens (tertiary/aromatic N) is 4. The van der Waals surface area contributed by atoms with Crippen LogP contribution in [0.2, 0.25) is 0 Å². The van der Waals surface area contributed by atoms with Gasteiger partial charge in [-0.2, -0.15) is 0 Å². The smallest absolute Gasteiger partial charge is 0.194 e. The van der Waals surface area contributed by atoms with Gasteiger partial charge in [-0.25, -0.2) is 9.98 Å². The molecule has 0 unspecified atom stereocenters. The van der Waals surface area contributed by atoms with Crippen molar-refractivity contribution in [2.75, 3.05) is 38.6 Å².